The minimum absolute atomic E-state index is 0.180. The Morgan fingerprint density at radius 2 is 1.90 bits per heavy atom. The Balaban J connectivity index is 2.28. The third-order valence-electron chi connectivity index (χ3n) is 3.23. The molecular formula is C15H17N3O3. The van der Waals surface area contributed by atoms with E-state index in [1.54, 1.807) is 29.9 Å². The van der Waals surface area contributed by atoms with Crippen molar-refractivity contribution in [1.29, 1.82) is 0 Å². The predicted molar refractivity (Wildman–Crippen MR) is 78.8 cm³/mol. The number of rotatable bonds is 4. The fourth-order valence-electron chi connectivity index (χ4n) is 2.08. The van der Waals surface area contributed by atoms with Gasteiger partial charge < -0.3 is 10.0 Å². The van der Waals surface area contributed by atoms with Gasteiger partial charge in [-0.2, -0.15) is 5.10 Å². The van der Waals surface area contributed by atoms with E-state index < -0.39 is 5.97 Å². The van der Waals surface area contributed by atoms with Gasteiger partial charge in [0.15, 0.2) is 0 Å². The summed E-state index contributed by atoms with van der Waals surface area (Å²) in [6, 6.07) is 7.92. The lowest BCUT2D eigenvalue weighted by atomic mass is 10.2. The summed E-state index contributed by atoms with van der Waals surface area (Å²) in [5.41, 5.74) is 2.12. The Kier molecular flexibility index (Phi) is 4.07. The van der Waals surface area contributed by atoms with Crippen LogP contribution in [-0.4, -0.2) is 33.8 Å². The number of hydrogen-bond donors (Lipinski definition) is 1. The number of benzene rings is 1. The minimum atomic E-state index is -0.991. The van der Waals surface area contributed by atoms with Gasteiger partial charge in [0.1, 0.15) is 5.69 Å². The number of carbonyl (C=O) groups excluding carboxylic acids is 1. The number of amides is 1. The average Bonchev–Trinajstić information content (AvgIpc) is 2.86. The number of aromatic nitrogens is 2. The number of aromatic carboxylic acids is 1. The summed E-state index contributed by atoms with van der Waals surface area (Å²) in [4.78, 5) is 24.8. The van der Waals surface area contributed by atoms with Gasteiger partial charge in [-0.25, -0.2) is 4.79 Å². The highest BCUT2D eigenvalue weighted by atomic mass is 16.4. The van der Waals surface area contributed by atoms with Gasteiger partial charge >= 0.3 is 5.97 Å². The maximum Gasteiger partial charge on any atom is 0.335 e. The molecule has 0 bridgehead atoms. The van der Waals surface area contributed by atoms with Crippen LogP contribution in [0.1, 0.15) is 33.5 Å². The molecule has 0 saturated heterocycles. The molecule has 6 nitrogen and oxygen atoms in total. The number of anilines is 1. The van der Waals surface area contributed by atoms with Gasteiger partial charge in [0, 0.05) is 19.3 Å². The number of nitrogens with zero attached hydrogens (tertiary/aromatic N) is 3. The zero-order valence-corrected chi connectivity index (χ0v) is 12.2. The first-order valence-electron chi connectivity index (χ1n) is 6.60. The molecule has 1 N–H and O–H groups in total. The number of carboxylic acid groups (broad SMARTS) is 1. The molecule has 1 aromatic carbocycles. The Hall–Kier alpha value is -2.63. The van der Waals surface area contributed by atoms with Gasteiger partial charge in [-0.15, -0.1) is 0 Å². The molecule has 0 atom stereocenters. The van der Waals surface area contributed by atoms with Gasteiger partial charge in [0.05, 0.1) is 11.3 Å². The first-order chi connectivity index (χ1) is 9.93. The second kappa shape index (κ2) is 5.78. The molecular weight excluding hydrogens is 270 g/mol. The maximum absolute atomic E-state index is 12.5. The van der Waals surface area contributed by atoms with Crippen molar-refractivity contribution in [3.8, 4) is 0 Å². The van der Waals surface area contributed by atoms with Crippen LogP contribution in [0.2, 0.25) is 0 Å². The van der Waals surface area contributed by atoms with Gasteiger partial charge in [0.2, 0.25) is 0 Å². The lowest BCUT2D eigenvalue weighted by Crippen LogP contribution is -2.28. The van der Waals surface area contributed by atoms with Crippen LogP contribution in [0, 0.1) is 6.92 Å². The molecule has 1 aromatic heterocycles. The van der Waals surface area contributed by atoms with Crippen molar-refractivity contribution >= 4 is 17.6 Å². The highest BCUT2D eigenvalue weighted by Gasteiger charge is 2.18. The molecule has 110 valence electrons. The third-order valence-corrected chi connectivity index (χ3v) is 3.23. The first-order valence-corrected chi connectivity index (χ1v) is 6.60. The highest BCUT2D eigenvalue weighted by molar-refractivity contribution is 6.04. The van der Waals surface area contributed by atoms with E-state index in [1.807, 2.05) is 13.8 Å². The summed E-state index contributed by atoms with van der Waals surface area (Å²) in [5, 5.41) is 13.1. The maximum atomic E-state index is 12.5. The van der Waals surface area contributed by atoms with Crippen LogP contribution < -0.4 is 4.90 Å². The van der Waals surface area contributed by atoms with Gasteiger partial charge in [-0.1, -0.05) is 0 Å². The molecule has 0 radical (unpaired) electrons. The van der Waals surface area contributed by atoms with Crippen molar-refractivity contribution in [3.05, 3.63) is 47.3 Å². The fraction of sp³-hybridized carbons (Fsp3) is 0.267. The van der Waals surface area contributed by atoms with Crippen LogP contribution in [0.15, 0.2) is 30.3 Å². The van der Waals surface area contributed by atoms with Crippen LogP contribution in [0.4, 0.5) is 5.69 Å². The fourth-order valence-corrected chi connectivity index (χ4v) is 2.08. The van der Waals surface area contributed by atoms with Crippen LogP contribution in [0.25, 0.3) is 0 Å². The van der Waals surface area contributed by atoms with E-state index in [2.05, 4.69) is 5.10 Å². The molecule has 0 aliphatic carbocycles. The summed E-state index contributed by atoms with van der Waals surface area (Å²) >= 11 is 0. The number of carbonyl (C=O) groups is 2. The van der Waals surface area contributed by atoms with E-state index in [-0.39, 0.29) is 11.5 Å². The lowest BCUT2D eigenvalue weighted by molar-refractivity contribution is 0.0696. The smallest absolute Gasteiger partial charge is 0.335 e. The summed E-state index contributed by atoms with van der Waals surface area (Å²) in [7, 11) is 1.65. The van der Waals surface area contributed by atoms with E-state index in [4.69, 9.17) is 5.11 Å². The Morgan fingerprint density at radius 1 is 1.29 bits per heavy atom. The van der Waals surface area contributed by atoms with Crippen molar-refractivity contribution in [2.45, 2.75) is 20.4 Å². The van der Waals surface area contributed by atoms with Crippen molar-refractivity contribution in [2.75, 3.05) is 11.9 Å². The summed E-state index contributed by atoms with van der Waals surface area (Å²) < 4.78 is 1.65. The zero-order valence-electron chi connectivity index (χ0n) is 12.2. The number of carboxylic acids is 1. The number of hydrogen-bond acceptors (Lipinski definition) is 3. The van der Waals surface area contributed by atoms with Gasteiger partial charge in [-0.05, 0) is 44.2 Å². The van der Waals surface area contributed by atoms with E-state index in [0.717, 1.165) is 5.69 Å². The molecule has 0 aliphatic heterocycles. The molecule has 2 rings (SSSR count). The second-order valence-electron chi connectivity index (χ2n) is 4.70. The second-order valence-corrected chi connectivity index (χ2v) is 4.70. The third kappa shape index (κ3) is 2.94. The normalized spacial score (nSPS) is 10.4. The standard InChI is InChI=1S/C15H17N3O3/c1-4-18-13(9-10(2)16-18)14(19)17(3)12-7-5-11(6-8-12)15(20)21/h5-9H,4H2,1-3H3,(H,20,21). The SMILES string of the molecule is CCn1nc(C)cc1C(=O)N(C)c1ccc(C(=O)O)cc1. The monoisotopic (exact) mass is 287 g/mol. The van der Waals surface area contributed by atoms with Crippen LogP contribution >= 0.6 is 0 Å². The van der Waals surface area contributed by atoms with E-state index in [0.29, 0.717) is 17.9 Å². The van der Waals surface area contributed by atoms with E-state index in [9.17, 15) is 9.59 Å². The summed E-state index contributed by atoms with van der Waals surface area (Å²) in [5.74, 6) is -1.17. The van der Waals surface area contributed by atoms with Crippen molar-refractivity contribution in [1.82, 2.24) is 9.78 Å². The topological polar surface area (TPSA) is 75.4 Å². The Labute approximate surface area is 122 Å². The van der Waals surface area contributed by atoms with Crippen LogP contribution in [0.5, 0.6) is 0 Å². The van der Waals surface area contributed by atoms with Crippen LogP contribution in [-0.2, 0) is 6.54 Å². The highest BCUT2D eigenvalue weighted by Crippen LogP contribution is 2.17. The molecule has 0 spiro atoms. The van der Waals surface area contributed by atoms with Crippen molar-refractivity contribution in [3.63, 3.8) is 0 Å². The lowest BCUT2D eigenvalue weighted by Gasteiger charge is -2.17. The van der Waals surface area contributed by atoms with Gasteiger partial charge in [0.25, 0.3) is 5.91 Å². The molecule has 1 heterocycles. The zero-order chi connectivity index (χ0) is 15.6. The first kappa shape index (κ1) is 14.8. The Morgan fingerprint density at radius 3 is 2.43 bits per heavy atom. The van der Waals surface area contributed by atoms with Crippen LogP contribution in [0.3, 0.4) is 0 Å². The molecule has 21 heavy (non-hydrogen) atoms. The molecule has 6 heteroatoms. The molecule has 2 aromatic rings. The predicted octanol–water partition coefficient (Wildman–Crippen LogP) is 2.19. The minimum Gasteiger partial charge on any atom is -0.478 e. The molecule has 0 unspecified atom stereocenters. The summed E-state index contributed by atoms with van der Waals surface area (Å²) in [6.45, 7) is 4.37. The molecule has 0 aliphatic rings. The quantitative estimate of drug-likeness (QED) is 0.935. The van der Waals surface area contributed by atoms with E-state index >= 15 is 0 Å². The largest absolute Gasteiger partial charge is 0.478 e. The van der Waals surface area contributed by atoms with Crippen molar-refractivity contribution < 1.29 is 14.7 Å². The van der Waals surface area contributed by atoms with Gasteiger partial charge in [-0.3, -0.25) is 9.48 Å². The van der Waals surface area contributed by atoms with Crippen molar-refractivity contribution in [2.24, 2.45) is 0 Å². The molecule has 0 saturated carbocycles. The average molecular weight is 287 g/mol. The van der Waals surface area contributed by atoms with E-state index in [1.165, 1.54) is 17.0 Å². The molecule has 0 fully saturated rings. The number of aryl methyl sites for hydroxylation is 2. The molecule has 1 amide bonds. The summed E-state index contributed by atoms with van der Waals surface area (Å²) in [6.07, 6.45) is 0. The Bertz CT molecular complexity index is 674.